The van der Waals surface area contributed by atoms with Crippen molar-refractivity contribution in [2.24, 2.45) is 5.41 Å². The number of hydrogen-bond donors (Lipinski definition) is 2. The summed E-state index contributed by atoms with van der Waals surface area (Å²) in [5.74, 6) is 1.07. The zero-order valence-corrected chi connectivity index (χ0v) is 18.2. The van der Waals surface area contributed by atoms with E-state index in [-0.39, 0.29) is 11.8 Å². The molecule has 3 aliphatic rings. The van der Waals surface area contributed by atoms with Crippen LogP contribution in [0.1, 0.15) is 84.1 Å². The lowest BCUT2D eigenvalue weighted by Crippen LogP contribution is -2.44. The molecule has 2 N–H and O–H groups in total. The zero-order chi connectivity index (χ0) is 21.4. The average molecular weight is 426 g/mol. The molecule has 166 valence electrons. The van der Waals surface area contributed by atoms with Gasteiger partial charge in [-0.3, -0.25) is 14.7 Å². The minimum atomic E-state index is -0.701. The number of aromatic nitrogens is 3. The lowest BCUT2D eigenvalue weighted by molar-refractivity contribution is -0.130. The van der Waals surface area contributed by atoms with E-state index in [2.05, 4.69) is 20.7 Å². The van der Waals surface area contributed by atoms with Gasteiger partial charge in [0.25, 0.3) is 5.91 Å². The summed E-state index contributed by atoms with van der Waals surface area (Å²) >= 11 is 0. The van der Waals surface area contributed by atoms with Crippen LogP contribution in [0.3, 0.4) is 0 Å². The summed E-state index contributed by atoms with van der Waals surface area (Å²) < 4.78 is 5.68. The van der Waals surface area contributed by atoms with Crippen molar-refractivity contribution in [1.29, 1.82) is 0 Å². The zero-order valence-electron chi connectivity index (χ0n) is 18.2. The summed E-state index contributed by atoms with van der Waals surface area (Å²) in [6, 6.07) is 2.03. The summed E-state index contributed by atoms with van der Waals surface area (Å²) in [7, 11) is 1.66. The number of likely N-dealkylation sites (tertiary alicyclic amines) is 1. The molecule has 5 rings (SSSR count). The van der Waals surface area contributed by atoms with Crippen molar-refractivity contribution in [3.63, 3.8) is 0 Å². The molecule has 8 heteroatoms. The van der Waals surface area contributed by atoms with Gasteiger partial charge in [0.15, 0.2) is 5.69 Å². The number of rotatable bonds is 5. The number of carbonyl (C=O) groups excluding carboxylic acids is 2. The Bertz CT molecular complexity index is 974. The summed E-state index contributed by atoms with van der Waals surface area (Å²) in [5, 5.41) is 14.5. The molecule has 1 atom stereocenters. The molecule has 1 saturated carbocycles. The van der Waals surface area contributed by atoms with Crippen molar-refractivity contribution in [2.45, 2.75) is 70.1 Å². The number of H-pyrrole nitrogens is 1. The van der Waals surface area contributed by atoms with Crippen LogP contribution in [0.25, 0.3) is 0 Å². The van der Waals surface area contributed by atoms with Gasteiger partial charge in [0.1, 0.15) is 5.76 Å². The molecule has 31 heavy (non-hydrogen) atoms. The molecule has 0 radical (unpaired) electrons. The first-order valence-electron chi connectivity index (χ1n) is 11.6. The predicted octanol–water partition coefficient (Wildman–Crippen LogP) is 2.76. The van der Waals surface area contributed by atoms with Crippen LogP contribution in [0.5, 0.6) is 0 Å². The van der Waals surface area contributed by atoms with Crippen molar-refractivity contribution >= 4 is 11.8 Å². The maximum Gasteiger partial charge on any atom is 0.274 e. The van der Waals surface area contributed by atoms with E-state index in [0.29, 0.717) is 37.5 Å². The second-order valence-electron chi connectivity index (χ2n) is 9.45. The van der Waals surface area contributed by atoms with Gasteiger partial charge in [-0.1, -0.05) is 24.4 Å². The van der Waals surface area contributed by atoms with Gasteiger partial charge >= 0.3 is 0 Å². The summed E-state index contributed by atoms with van der Waals surface area (Å²) in [5.41, 5.74) is 2.97. The maximum absolute atomic E-state index is 13.2. The van der Waals surface area contributed by atoms with Crippen LogP contribution < -0.4 is 5.32 Å². The second kappa shape index (κ2) is 8.13. The van der Waals surface area contributed by atoms with Gasteiger partial charge in [0.2, 0.25) is 5.91 Å². The van der Waals surface area contributed by atoms with Gasteiger partial charge in [-0.25, -0.2) is 0 Å². The van der Waals surface area contributed by atoms with E-state index in [1.807, 2.05) is 6.07 Å². The van der Waals surface area contributed by atoms with Gasteiger partial charge in [-0.15, -0.1) is 0 Å². The normalized spacial score (nSPS) is 23.8. The van der Waals surface area contributed by atoms with Crippen LogP contribution in [0.4, 0.5) is 0 Å². The van der Waals surface area contributed by atoms with E-state index >= 15 is 0 Å². The third kappa shape index (κ3) is 3.66. The smallest absolute Gasteiger partial charge is 0.274 e. The Kier molecular flexibility index (Phi) is 5.32. The molecule has 2 fully saturated rings. The van der Waals surface area contributed by atoms with Crippen molar-refractivity contribution in [1.82, 2.24) is 25.6 Å². The first kappa shape index (κ1) is 20.3. The van der Waals surface area contributed by atoms with E-state index < -0.39 is 5.41 Å². The van der Waals surface area contributed by atoms with E-state index in [4.69, 9.17) is 4.52 Å². The van der Waals surface area contributed by atoms with Gasteiger partial charge in [0.05, 0.1) is 11.1 Å². The van der Waals surface area contributed by atoms with E-state index in [1.54, 1.807) is 11.9 Å². The molecule has 2 amide bonds. The van der Waals surface area contributed by atoms with Crippen molar-refractivity contribution in [3.8, 4) is 0 Å². The molecule has 2 aliphatic carbocycles. The van der Waals surface area contributed by atoms with Gasteiger partial charge in [0, 0.05) is 49.8 Å². The summed E-state index contributed by atoms with van der Waals surface area (Å²) in [4.78, 5) is 27.9. The molecule has 0 bridgehead atoms. The van der Waals surface area contributed by atoms with Gasteiger partial charge < -0.3 is 14.7 Å². The van der Waals surface area contributed by atoms with Crippen LogP contribution in [-0.4, -0.2) is 52.2 Å². The Balaban J connectivity index is 1.33. The lowest BCUT2D eigenvalue weighted by atomic mass is 9.81. The van der Waals surface area contributed by atoms with Crippen LogP contribution in [0, 0.1) is 5.41 Å². The quantitative estimate of drug-likeness (QED) is 0.767. The molecule has 0 spiro atoms. The first-order chi connectivity index (χ1) is 15.1. The molecule has 0 aromatic carbocycles. The SMILES string of the molecule is CNC(=O)[C@]1(Cc2cc(C3CCCCC3)no2)CCN(C(=O)c2n[nH]c3c2CCC3)C1. The topological polar surface area (TPSA) is 104 Å². The standard InChI is InChI=1S/C23H31N5O3/c1-24-22(30)23(13-16-12-19(27-31-16)15-6-3-2-4-7-15)10-11-28(14-23)21(29)20-17-8-5-9-18(17)25-26-20/h12,15H,2-11,13-14H2,1H3,(H,24,30)(H,25,26)/t23-/m0/s1. The molecule has 3 heterocycles. The molecule has 8 nitrogen and oxygen atoms in total. The minimum Gasteiger partial charge on any atom is -0.361 e. The number of aromatic amines is 1. The third-order valence-electron chi connectivity index (χ3n) is 7.47. The fraction of sp³-hybridized carbons (Fsp3) is 0.652. The highest BCUT2D eigenvalue weighted by atomic mass is 16.5. The second-order valence-corrected chi connectivity index (χ2v) is 9.45. The fourth-order valence-corrected chi connectivity index (χ4v) is 5.70. The van der Waals surface area contributed by atoms with Gasteiger partial charge in [-0.2, -0.15) is 5.10 Å². The number of hydrogen-bond acceptors (Lipinski definition) is 5. The molecular weight excluding hydrogens is 394 g/mol. The molecule has 2 aromatic rings. The number of fused-ring (bicyclic) bond motifs is 1. The number of nitrogens with zero attached hydrogens (tertiary/aromatic N) is 3. The summed E-state index contributed by atoms with van der Waals surface area (Å²) in [6.45, 7) is 0.907. The number of carbonyl (C=O) groups is 2. The van der Waals surface area contributed by atoms with E-state index in [0.717, 1.165) is 54.8 Å². The number of nitrogens with one attached hydrogen (secondary N) is 2. The molecule has 0 unspecified atom stereocenters. The number of aryl methyl sites for hydroxylation is 1. The Morgan fingerprint density at radius 2 is 2.10 bits per heavy atom. The van der Waals surface area contributed by atoms with Crippen molar-refractivity contribution < 1.29 is 14.1 Å². The Labute approximate surface area is 182 Å². The van der Waals surface area contributed by atoms with Crippen LogP contribution in [-0.2, 0) is 24.1 Å². The highest BCUT2D eigenvalue weighted by Gasteiger charge is 2.47. The third-order valence-corrected chi connectivity index (χ3v) is 7.47. The fourth-order valence-electron chi connectivity index (χ4n) is 5.70. The molecule has 2 aromatic heterocycles. The first-order valence-corrected chi connectivity index (χ1v) is 11.6. The highest BCUT2D eigenvalue weighted by Crippen LogP contribution is 2.38. The van der Waals surface area contributed by atoms with Crippen molar-refractivity contribution in [3.05, 3.63) is 34.5 Å². The molecular formula is C23H31N5O3. The van der Waals surface area contributed by atoms with Crippen LogP contribution in [0.2, 0.25) is 0 Å². The monoisotopic (exact) mass is 425 g/mol. The maximum atomic E-state index is 13.2. The molecule has 1 saturated heterocycles. The van der Waals surface area contributed by atoms with Crippen LogP contribution >= 0.6 is 0 Å². The number of amides is 2. The predicted molar refractivity (Wildman–Crippen MR) is 114 cm³/mol. The summed E-state index contributed by atoms with van der Waals surface area (Å²) in [6.07, 6.45) is 10.0. The Morgan fingerprint density at radius 3 is 2.90 bits per heavy atom. The lowest BCUT2D eigenvalue weighted by Gasteiger charge is -2.26. The minimum absolute atomic E-state index is 0.0503. The Hall–Kier alpha value is -2.64. The van der Waals surface area contributed by atoms with Crippen molar-refractivity contribution in [2.75, 3.05) is 20.1 Å². The average Bonchev–Trinajstić information content (AvgIpc) is 3.58. The highest BCUT2D eigenvalue weighted by molar-refractivity contribution is 5.95. The molecule has 1 aliphatic heterocycles. The van der Waals surface area contributed by atoms with E-state index in [9.17, 15) is 9.59 Å². The van der Waals surface area contributed by atoms with E-state index in [1.165, 1.54) is 19.3 Å². The van der Waals surface area contributed by atoms with Crippen LogP contribution in [0.15, 0.2) is 10.6 Å². The largest absolute Gasteiger partial charge is 0.361 e. The Morgan fingerprint density at radius 1 is 1.26 bits per heavy atom. The van der Waals surface area contributed by atoms with Gasteiger partial charge in [-0.05, 0) is 38.5 Å².